The number of hydrogen-bond donors (Lipinski definition) is 1. The topological polar surface area (TPSA) is 59.4 Å². The molecule has 2 atom stereocenters. The third-order valence-corrected chi connectivity index (χ3v) is 5.08. The first-order valence-electron chi connectivity index (χ1n) is 8.33. The highest BCUT2D eigenvalue weighted by molar-refractivity contribution is 5.74. The summed E-state index contributed by atoms with van der Waals surface area (Å²) in [6.07, 6.45) is 3.75. The summed E-state index contributed by atoms with van der Waals surface area (Å²) in [5, 5.41) is 7.31. The Labute approximate surface area is 137 Å². The van der Waals surface area contributed by atoms with Gasteiger partial charge < -0.3 is 15.0 Å². The molecule has 6 heteroatoms. The molecule has 0 unspecified atom stereocenters. The van der Waals surface area contributed by atoms with E-state index in [1.165, 1.54) is 11.1 Å². The second-order valence-electron chi connectivity index (χ2n) is 6.64. The molecule has 2 aliphatic heterocycles. The molecule has 1 aromatic rings. The molecule has 126 valence electrons. The number of carbonyl (C=O) groups excluding carboxylic acids is 1. The van der Waals surface area contributed by atoms with Crippen LogP contribution in [0.4, 0.5) is 4.79 Å². The predicted octanol–water partition coefficient (Wildman–Crippen LogP) is 2.25. The van der Waals surface area contributed by atoms with Gasteiger partial charge in [-0.1, -0.05) is 11.1 Å². The van der Waals surface area contributed by atoms with Gasteiger partial charge in [-0.05, 0) is 32.8 Å². The summed E-state index contributed by atoms with van der Waals surface area (Å²) in [4.78, 5) is 14.3. The fraction of sp³-hybridized carbons (Fsp3) is 0.647. The van der Waals surface area contributed by atoms with Gasteiger partial charge in [-0.2, -0.15) is 5.10 Å². The zero-order chi connectivity index (χ0) is 16.4. The smallest absolute Gasteiger partial charge is 0.317 e. The van der Waals surface area contributed by atoms with Crippen LogP contribution < -0.4 is 5.32 Å². The number of nitrogens with zero attached hydrogens (tertiary/aromatic N) is 3. The summed E-state index contributed by atoms with van der Waals surface area (Å²) in [7, 11) is 1.93. The minimum Gasteiger partial charge on any atom is -0.372 e. The average Bonchev–Trinajstić information content (AvgIpc) is 3.15. The number of aryl methyl sites for hydroxylation is 1. The minimum absolute atomic E-state index is 0.0213. The van der Waals surface area contributed by atoms with E-state index in [-0.39, 0.29) is 12.1 Å². The van der Waals surface area contributed by atoms with E-state index in [0.29, 0.717) is 12.5 Å². The Bertz CT molecular complexity index is 607. The van der Waals surface area contributed by atoms with E-state index in [1.807, 2.05) is 22.7 Å². The van der Waals surface area contributed by atoms with E-state index in [2.05, 4.69) is 24.3 Å². The molecular weight excluding hydrogens is 292 g/mol. The number of amides is 2. The van der Waals surface area contributed by atoms with Crippen molar-refractivity contribution in [2.24, 2.45) is 13.0 Å². The first-order chi connectivity index (χ1) is 11.1. The zero-order valence-electron chi connectivity index (χ0n) is 14.2. The van der Waals surface area contributed by atoms with Gasteiger partial charge in [0.15, 0.2) is 0 Å². The van der Waals surface area contributed by atoms with Crippen LogP contribution in [0.1, 0.15) is 38.5 Å². The Morgan fingerprint density at radius 2 is 2.26 bits per heavy atom. The number of nitrogens with one attached hydrogen (secondary N) is 1. The van der Waals surface area contributed by atoms with Gasteiger partial charge in [0.05, 0.1) is 5.69 Å². The zero-order valence-corrected chi connectivity index (χ0v) is 14.2. The van der Waals surface area contributed by atoms with Gasteiger partial charge in [0.2, 0.25) is 0 Å². The lowest BCUT2D eigenvalue weighted by atomic mass is 9.99. The molecule has 3 heterocycles. The second kappa shape index (κ2) is 6.74. The lowest BCUT2D eigenvalue weighted by molar-refractivity contribution is 0.0839. The molecule has 2 amide bonds. The van der Waals surface area contributed by atoms with Gasteiger partial charge in [-0.15, -0.1) is 0 Å². The number of ether oxygens (including phenoxy) is 1. The van der Waals surface area contributed by atoms with Gasteiger partial charge >= 0.3 is 6.03 Å². The molecule has 1 saturated heterocycles. The third kappa shape index (κ3) is 3.42. The normalized spacial score (nSPS) is 25.1. The van der Waals surface area contributed by atoms with Crippen LogP contribution >= 0.6 is 0 Å². The summed E-state index contributed by atoms with van der Waals surface area (Å²) < 4.78 is 7.72. The van der Waals surface area contributed by atoms with Crippen molar-refractivity contribution in [2.75, 3.05) is 26.2 Å². The lowest BCUT2D eigenvalue weighted by Crippen LogP contribution is -2.44. The molecule has 23 heavy (non-hydrogen) atoms. The van der Waals surface area contributed by atoms with Crippen molar-refractivity contribution < 1.29 is 9.53 Å². The maximum atomic E-state index is 12.4. The summed E-state index contributed by atoms with van der Waals surface area (Å²) in [6.45, 7) is 7.19. The van der Waals surface area contributed by atoms with Crippen molar-refractivity contribution in [1.29, 1.82) is 0 Å². The van der Waals surface area contributed by atoms with E-state index in [9.17, 15) is 4.79 Å². The third-order valence-electron chi connectivity index (χ3n) is 5.08. The van der Waals surface area contributed by atoms with E-state index in [1.54, 1.807) is 6.20 Å². The van der Waals surface area contributed by atoms with Crippen molar-refractivity contribution in [3.05, 3.63) is 29.1 Å². The van der Waals surface area contributed by atoms with E-state index in [4.69, 9.17) is 4.74 Å². The standard InChI is InChI=1S/C17H26N4O2/c1-12-5-8-21(11-13(12)2)17(22)18-10-14-6-9-23-16(14)15-4-7-19-20(15)3/h4,7,14,16H,5-6,8-11H2,1-3H3,(H,18,22)/t14-,16+/m0/s1. The maximum absolute atomic E-state index is 12.4. The highest BCUT2D eigenvalue weighted by Gasteiger charge is 2.32. The highest BCUT2D eigenvalue weighted by Crippen LogP contribution is 2.33. The average molecular weight is 318 g/mol. The Balaban J connectivity index is 1.56. The molecule has 3 rings (SSSR count). The summed E-state index contributed by atoms with van der Waals surface area (Å²) in [5.74, 6) is 0.303. The molecule has 1 aromatic heterocycles. The van der Waals surface area contributed by atoms with Crippen LogP contribution in [-0.4, -0.2) is 47.0 Å². The van der Waals surface area contributed by atoms with Crippen molar-refractivity contribution in [3.8, 4) is 0 Å². The Morgan fingerprint density at radius 3 is 2.96 bits per heavy atom. The van der Waals surface area contributed by atoms with Gasteiger partial charge in [0.1, 0.15) is 6.10 Å². The van der Waals surface area contributed by atoms with Crippen molar-refractivity contribution in [2.45, 2.75) is 32.8 Å². The first-order valence-corrected chi connectivity index (χ1v) is 8.33. The van der Waals surface area contributed by atoms with Crippen LogP contribution in [0.5, 0.6) is 0 Å². The molecule has 0 saturated carbocycles. The molecule has 0 radical (unpaired) electrons. The Hall–Kier alpha value is -1.82. The van der Waals surface area contributed by atoms with Crippen molar-refractivity contribution in [3.63, 3.8) is 0 Å². The molecule has 6 nitrogen and oxygen atoms in total. The summed E-state index contributed by atoms with van der Waals surface area (Å²) in [6, 6.07) is 2.03. The van der Waals surface area contributed by atoms with Crippen LogP contribution in [0.2, 0.25) is 0 Å². The molecule has 0 bridgehead atoms. The highest BCUT2D eigenvalue weighted by atomic mass is 16.5. The largest absolute Gasteiger partial charge is 0.372 e. The predicted molar refractivity (Wildman–Crippen MR) is 88.0 cm³/mol. The van der Waals surface area contributed by atoms with Crippen LogP contribution in [0, 0.1) is 5.92 Å². The van der Waals surface area contributed by atoms with Gasteiger partial charge in [0.25, 0.3) is 0 Å². The maximum Gasteiger partial charge on any atom is 0.317 e. The SMILES string of the molecule is CC1=C(C)CN(C(=O)NC[C@@H]2CCO[C@H]2c2ccnn2C)CC1. The van der Waals surface area contributed by atoms with Gasteiger partial charge in [0, 0.05) is 45.4 Å². The van der Waals surface area contributed by atoms with E-state index in [0.717, 1.165) is 38.2 Å². The van der Waals surface area contributed by atoms with Crippen LogP contribution in [0.25, 0.3) is 0 Å². The molecule has 0 aliphatic carbocycles. The van der Waals surface area contributed by atoms with Crippen LogP contribution in [0.15, 0.2) is 23.4 Å². The number of rotatable bonds is 3. The van der Waals surface area contributed by atoms with Crippen molar-refractivity contribution in [1.82, 2.24) is 20.0 Å². The fourth-order valence-electron chi connectivity index (χ4n) is 3.35. The van der Waals surface area contributed by atoms with E-state index >= 15 is 0 Å². The van der Waals surface area contributed by atoms with E-state index < -0.39 is 0 Å². The lowest BCUT2D eigenvalue weighted by Gasteiger charge is -2.29. The summed E-state index contributed by atoms with van der Waals surface area (Å²) >= 11 is 0. The minimum atomic E-state index is 0.0213. The Kier molecular flexibility index (Phi) is 4.71. The van der Waals surface area contributed by atoms with Crippen LogP contribution in [-0.2, 0) is 11.8 Å². The number of aromatic nitrogens is 2. The number of hydrogen-bond acceptors (Lipinski definition) is 3. The number of carbonyl (C=O) groups is 1. The van der Waals surface area contributed by atoms with Gasteiger partial charge in [-0.25, -0.2) is 4.79 Å². The van der Waals surface area contributed by atoms with Crippen molar-refractivity contribution >= 4 is 6.03 Å². The summed E-state index contributed by atoms with van der Waals surface area (Å²) in [5.41, 5.74) is 3.80. The molecule has 0 aromatic carbocycles. The molecular formula is C17H26N4O2. The molecule has 0 spiro atoms. The second-order valence-corrected chi connectivity index (χ2v) is 6.64. The molecule has 2 aliphatic rings. The first kappa shape index (κ1) is 16.1. The van der Waals surface area contributed by atoms with Crippen LogP contribution in [0.3, 0.4) is 0 Å². The van der Waals surface area contributed by atoms with Gasteiger partial charge in [-0.3, -0.25) is 4.68 Å². The monoisotopic (exact) mass is 318 g/mol. The Morgan fingerprint density at radius 1 is 1.43 bits per heavy atom. The quantitative estimate of drug-likeness (QED) is 0.870. The fourth-order valence-corrected chi connectivity index (χ4v) is 3.35. The number of urea groups is 1. The molecule has 1 fully saturated rings. The molecule has 1 N–H and O–H groups in total.